The summed E-state index contributed by atoms with van der Waals surface area (Å²) in [6, 6.07) is 20.5. The number of carbonyl (C=O) groups excluding carboxylic acids is 2. The van der Waals surface area contributed by atoms with Crippen LogP contribution in [0.5, 0.6) is 11.5 Å². The minimum Gasteiger partial charge on any atom is -0.496 e. The Morgan fingerprint density at radius 2 is 1.16 bits per heavy atom. The highest BCUT2D eigenvalue weighted by Crippen LogP contribution is 2.27. The third kappa shape index (κ3) is 6.33. The molecule has 162 valence electrons. The lowest BCUT2D eigenvalue weighted by Crippen LogP contribution is -2.04. The largest absolute Gasteiger partial charge is 0.496 e. The van der Waals surface area contributed by atoms with Gasteiger partial charge >= 0.3 is 11.9 Å². The fourth-order valence-corrected chi connectivity index (χ4v) is 3.10. The van der Waals surface area contributed by atoms with Crippen molar-refractivity contribution in [2.75, 3.05) is 28.4 Å². The maximum absolute atomic E-state index is 11.7. The molecule has 3 aromatic rings. The summed E-state index contributed by atoms with van der Waals surface area (Å²) < 4.78 is 20.3. The second kappa shape index (κ2) is 11.8. The van der Waals surface area contributed by atoms with Gasteiger partial charge in [0, 0.05) is 4.47 Å². The summed E-state index contributed by atoms with van der Waals surface area (Å²) in [5, 5.41) is 0. The molecule has 6 nitrogen and oxygen atoms in total. The molecule has 0 aliphatic rings. The molecule has 7 heteroatoms. The molecular weight excluding hydrogens is 464 g/mol. The van der Waals surface area contributed by atoms with Gasteiger partial charge in [-0.05, 0) is 41.5 Å². The molecule has 0 amide bonds. The Balaban J connectivity index is 0.000000233. The maximum atomic E-state index is 11.7. The van der Waals surface area contributed by atoms with Crippen molar-refractivity contribution in [2.45, 2.75) is 0 Å². The molecule has 0 saturated heterocycles. The van der Waals surface area contributed by atoms with Gasteiger partial charge in [-0.15, -0.1) is 0 Å². The van der Waals surface area contributed by atoms with Crippen molar-refractivity contribution in [3.63, 3.8) is 0 Å². The first-order chi connectivity index (χ1) is 14.9. The molecule has 0 spiro atoms. The van der Waals surface area contributed by atoms with Gasteiger partial charge in [0.05, 0.1) is 28.4 Å². The van der Waals surface area contributed by atoms with Crippen molar-refractivity contribution in [3.05, 3.63) is 82.3 Å². The average molecular weight is 487 g/mol. The van der Waals surface area contributed by atoms with Crippen LogP contribution in [0.3, 0.4) is 0 Å². The van der Waals surface area contributed by atoms with Crippen molar-refractivity contribution < 1.29 is 28.5 Å². The van der Waals surface area contributed by atoms with Gasteiger partial charge in [-0.2, -0.15) is 0 Å². The van der Waals surface area contributed by atoms with Gasteiger partial charge in [0.15, 0.2) is 0 Å². The number of halogens is 1. The summed E-state index contributed by atoms with van der Waals surface area (Å²) in [5.41, 5.74) is 2.85. The highest BCUT2D eigenvalue weighted by molar-refractivity contribution is 9.10. The fourth-order valence-electron chi connectivity index (χ4n) is 2.74. The SMILES string of the molecule is COC(=O)c1cc(-c2ccccc2)ccc1OC.COC(=O)c1cc(Br)ccc1OC. The average Bonchev–Trinajstić information content (AvgIpc) is 2.83. The Kier molecular flexibility index (Phi) is 9.09. The molecule has 3 rings (SSSR count). The number of esters is 2. The van der Waals surface area contributed by atoms with Crippen molar-refractivity contribution in [1.29, 1.82) is 0 Å². The molecule has 0 heterocycles. The Morgan fingerprint density at radius 3 is 1.68 bits per heavy atom. The standard InChI is InChI=1S/C15H14O3.C9H9BrO3/c1-17-14-9-8-12(10-13(14)15(16)18-2)11-6-4-3-5-7-11;1-12-8-4-3-6(10)5-7(8)9(11)13-2/h3-10H,1-2H3;3-5H,1-2H3. The Labute approximate surface area is 189 Å². The topological polar surface area (TPSA) is 71.1 Å². The van der Waals surface area contributed by atoms with Crippen LogP contribution < -0.4 is 9.47 Å². The minimum atomic E-state index is -0.404. The summed E-state index contributed by atoms with van der Waals surface area (Å²) >= 11 is 3.26. The van der Waals surface area contributed by atoms with Crippen molar-refractivity contribution in [3.8, 4) is 22.6 Å². The molecule has 0 fully saturated rings. The van der Waals surface area contributed by atoms with Crippen LogP contribution in [0.15, 0.2) is 71.2 Å². The lowest BCUT2D eigenvalue weighted by Gasteiger charge is -2.09. The van der Waals surface area contributed by atoms with Crippen molar-refractivity contribution in [1.82, 2.24) is 0 Å². The lowest BCUT2D eigenvalue weighted by atomic mass is 10.0. The smallest absolute Gasteiger partial charge is 0.341 e. The molecule has 0 aliphatic heterocycles. The number of benzene rings is 3. The second-order valence-corrected chi connectivity index (χ2v) is 7.02. The highest BCUT2D eigenvalue weighted by atomic mass is 79.9. The van der Waals surface area contributed by atoms with Crippen LogP contribution >= 0.6 is 15.9 Å². The van der Waals surface area contributed by atoms with Crippen LogP contribution in [0.2, 0.25) is 0 Å². The molecule has 0 atom stereocenters. The zero-order valence-electron chi connectivity index (χ0n) is 17.7. The number of ether oxygens (including phenoxy) is 4. The van der Waals surface area contributed by atoms with Crippen LogP contribution in [-0.4, -0.2) is 40.4 Å². The Hall–Kier alpha value is -3.32. The van der Waals surface area contributed by atoms with Crippen LogP contribution in [-0.2, 0) is 9.47 Å². The molecule has 0 bridgehead atoms. The van der Waals surface area contributed by atoms with Gasteiger partial charge in [0.25, 0.3) is 0 Å². The first-order valence-corrected chi connectivity index (χ1v) is 9.98. The minimum absolute atomic E-state index is 0.398. The van der Waals surface area contributed by atoms with E-state index in [1.165, 1.54) is 28.4 Å². The van der Waals surface area contributed by atoms with E-state index in [-0.39, 0.29) is 0 Å². The van der Waals surface area contributed by atoms with Gasteiger partial charge in [-0.3, -0.25) is 0 Å². The van der Waals surface area contributed by atoms with Crippen molar-refractivity contribution >= 4 is 27.9 Å². The normalized spacial score (nSPS) is 9.71. The van der Waals surface area contributed by atoms with Gasteiger partial charge in [-0.1, -0.05) is 52.3 Å². The molecule has 31 heavy (non-hydrogen) atoms. The Morgan fingerprint density at radius 1 is 0.645 bits per heavy atom. The molecular formula is C24H23BrO6. The van der Waals surface area contributed by atoms with E-state index in [4.69, 9.17) is 14.2 Å². The van der Waals surface area contributed by atoms with E-state index < -0.39 is 11.9 Å². The Bertz CT molecular complexity index is 1030. The summed E-state index contributed by atoms with van der Waals surface area (Å²) in [6.07, 6.45) is 0. The van der Waals surface area contributed by atoms with E-state index >= 15 is 0 Å². The van der Waals surface area contributed by atoms with E-state index in [0.717, 1.165) is 15.6 Å². The summed E-state index contributed by atoms with van der Waals surface area (Å²) in [4.78, 5) is 22.9. The van der Waals surface area contributed by atoms with E-state index in [2.05, 4.69) is 20.7 Å². The van der Waals surface area contributed by atoms with E-state index in [0.29, 0.717) is 22.6 Å². The summed E-state index contributed by atoms with van der Waals surface area (Å²) in [5.74, 6) is 0.222. The van der Waals surface area contributed by atoms with E-state index in [9.17, 15) is 9.59 Å². The molecule has 0 N–H and O–H groups in total. The number of rotatable bonds is 5. The third-order valence-electron chi connectivity index (χ3n) is 4.28. The van der Waals surface area contributed by atoms with Crippen LogP contribution in [0.1, 0.15) is 20.7 Å². The fraction of sp³-hybridized carbons (Fsp3) is 0.167. The number of hydrogen-bond acceptors (Lipinski definition) is 6. The number of methoxy groups -OCH3 is 4. The highest BCUT2D eigenvalue weighted by Gasteiger charge is 2.14. The van der Waals surface area contributed by atoms with E-state index in [1.54, 1.807) is 30.3 Å². The van der Waals surface area contributed by atoms with Crippen molar-refractivity contribution in [2.24, 2.45) is 0 Å². The predicted molar refractivity (Wildman–Crippen MR) is 122 cm³/mol. The third-order valence-corrected chi connectivity index (χ3v) is 4.77. The number of carbonyl (C=O) groups is 2. The maximum Gasteiger partial charge on any atom is 0.341 e. The molecule has 0 aliphatic carbocycles. The van der Waals surface area contributed by atoms with E-state index in [1.807, 2.05) is 36.4 Å². The summed E-state index contributed by atoms with van der Waals surface area (Å²) in [6.45, 7) is 0. The predicted octanol–water partition coefficient (Wildman–Crippen LogP) is 5.39. The zero-order valence-corrected chi connectivity index (χ0v) is 19.3. The number of hydrogen-bond donors (Lipinski definition) is 0. The molecule has 0 unspecified atom stereocenters. The molecule has 3 aromatic carbocycles. The monoisotopic (exact) mass is 486 g/mol. The van der Waals surface area contributed by atoms with Crippen LogP contribution in [0, 0.1) is 0 Å². The van der Waals surface area contributed by atoms with Gasteiger partial charge in [0.1, 0.15) is 22.6 Å². The first kappa shape index (κ1) is 24.0. The van der Waals surface area contributed by atoms with Gasteiger partial charge < -0.3 is 18.9 Å². The van der Waals surface area contributed by atoms with Crippen LogP contribution in [0.4, 0.5) is 0 Å². The molecule has 0 saturated carbocycles. The quantitative estimate of drug-likeness (QED) is 0.450. The van der Waals surface area contributed by atoms with Gasteiger partial charge in [-0.25, -0.2) is 9.59 Å². The van der Waals surface area contributed by atoms with Crippen LogP contribution in [0.25, 0.3) is 11.1 Å². The first-order valence-electron chi connectivity index (χ1n) is 9.18. The zero-order chi connectivity index (χ0) is 22.8. The molecule has 0 aromatic heterocycles. The second-order valence-electron chi connectivity index (χ2n) is 6.11. The lowest BCUT2D eigenvalue weighted by molar-refractivity contribution is 0.0588. The molecule has 0 radical (unpaired) electrons. The van der Waals surface area contributed by atoms with Gasteiger partial charge in [0.2, 0.25) is 0 Å². The summed E-state index contributed by atoms with van der Waals surface area (Å²) in [7, 11) is 5.74.